The summed E-state index contributed by atoms with van der Waals surface area (Å²) in [5.41, 5.74) is 1.01. The molecule has 1 aromatic carbocycles. The minimum Gasteiger partial charge on any atom is -0.465 e. The molecule has 10 heteroatoms. The fraction of sp³-hybridized carbons (Fsp3) is 0.593. The summed E-state index contributed by atoms with van der Waals surface area (Å²) in [4.78, 5) is 38.8. The zero-order valence-corrected chi connectivity index (χ0v) is 21.3. The first kappa shape index (κ1) is 26.9. The Balaban J connectivity index is 1.37. The number of nitrogens with one attached hydrogen (secondary N) is 1. The standard InChI is InChI=1S/C27H36N2O8/c1-34-14-15-35-12-5-13-36-26(31)23-17-19-16-20(8-9-22(19)37-23)28-25(30)24-21(10-11-29(24)27(32)33)18-6-3-2-4-7-18/h8-9,16-18,21,24H,2-7,10-15H2,1H3,(H,28,30)(H,32,33)/t21-,24-/m0/s1. The van der Waals surface area contributed by atoms with E-state index in [0.29, 0.717) is 61.8 Å². The first-order valence-corrected chi connectivity index (χ1v) is 13.1. The Hall–Kier alpha value is -3.11. The minimum absolute atomic E-state index is 0.0285. The average molecular weight is 517 g/mol. The predicted octanol–water partition coefficient (Wildman–Crippen LogP) is 4.53. The summed E-state index contributed by atoms with van der Waals surface area (Å²) in [6.45, 7) is 2.04. The van der Waals surface area contributed by atoms with Gasteiger partial charge in [0.2, 0.25) is 11.7 Å². The molecule has 4 rings (SSSR count). The number of hydrogen-bond acceptors (Lipinski definition) is 7. The molecule has 1 aliphatic heterocycles. The van der Waals surface area contributed by atoms with Crippen molar-refractivity contribution in [2.75, 3.05) is 45.4 Å². The number of carbonyl (C=O) groups excluding carboxylic acids is 2. The lowest BCUT2D eigenvalue weighted by molar-refractivity contribution is -0.121. The van der Waals surface area contributed by atoms with E-state index in [0.717, 1.165) is 25.7 Å². The van der Waals surface area contributed by atoms with Gasteiger partial charge in [-0.15, -0.1) is 0 Å². The van der Waals surface area contributed by atoms with Gasteiger partial charge < -0.3 is 29.1 Å². The number of likely N-dealkylation sites (tertiary alicyclic amines) is 1. The second-order valence-corrected chi connectivity index (χ2v) is 9.72. The van der Waals surface area contributed by atoms with Gasteiger partial charge in [-0.3, -0.25) is 9.69 Å². The minimum atomic E-state index is -1.06. The van der Waals surface area contributed by atoms with Crippen LogP contribution in [0.15, 0.2) is 28.7 Å². The third-order valence-corrected chi connectivity index (χ3v) is 7.30. The lowest BCUT2D eigenvalue weighted by Gasteiger charge is -2.32. The number of amides is 2. The highest BCUT2D eigenvalue weighted by atomic mass is 16.5. The molecule has 2 fully saturated rings. The molecule has 1 saturated heterocycles. The van der Waals surface area contributed by atoms with Crippen LogP contribution in [0.1, 0.15) is 55.5 Å². The number of methoxy groups -OCH3 is 1. The number of furan rings is 1. The largest absolute Gasteiger partial charge is 0.465 e. The van der Waals surface area contributed by atoms with E-state index in [-0.39, 0.29) is 24.2 Å². The van der Waals surface area contributed by atoms with Crippen molar-refractivity contribution in [2.24, 2.45) is 11.8 Å². The highest BCUT2D eigenvalue weighted by molar-refractivity contribution is 5.99. The van der Waals surface area contributed by atoms with Crippen molar-refractivity contribution in [2.45, 2.75) is 51.0 Å². The monoisotopic (exact) mass is 516 g/mol. The Bertz CT molecular complexity index is 1080. The number of rotatable bonds is 11. The van der Waals surface area contributed by atoms with Crippen LogP contribution in [0.5, 0.6) is 0 Å². The van der Waals surface area contributed by atoms with Crippen molar-refractivity contribution in [1.82, 2.24) is 4.90 Å². The van der Waals surface area contributed by atoms with Crippen molar-refractivity contribution >= 4 is 34.6 Å². The fourth-order valence-electron chi connectivity index (χ4n) is 5.50. The van der Waals surface area contributed by atoms with Crippen LogP contribution in [0.2, 0.25) is 0 Å². The summed E-state index contributed by atoms with van der Waals surface area (Å²) < 4.78 is 21.1. The van der Waals surface area contributed by atoms with E-state index in [9.17, 15) is 19.5 Å². The van der Waals surface area contributed by atoms with E-state index in [1.807, 2.05) is 0 Å². The van der Waals surface area contributed by atoms with E-state index >= 15 is 0 Å². The van der Waals surface area contributed by atoms with Gasteiger partial charge in [0.25, 0.3) is 0 Å². The lowest BCUT2D eigenvalue weighted by Crippen LogP contribution is -2.47. The maximum atomic E-state index is 13.3. The third kappa shape index (κ3) is 6.81. The average Bonchev–Trinajstić information content (AvgIpc) is 3.53. The van der Waals surface area contributed by atoms with Gasteiger partial charge in [-0.05, 0) is 42.5 Å². The Morgan fingerprint density at radius 3 is 2.62 bits per heavy atom. The molecule has 2 atom stereocenters. The number of fused-ring (bicyclic) bond motifs is 1. The molecule has 2 heterocycles. The van der Waals surface area contributed by atoms with Crippen LogP contribution in [-0.2, 0) is 19.0 Å². The summed E-state index contributed by atoms with van der Waals surface area (Å²) >= 11 is 0. The Morgan fingerprint density at radius 1 is 1.05 bits per heavy atom. The van der Waals surface area contributed by atoms with Crippen molar-refractivity contribution in [3.8, 4) is 0 Å². The Morgan fingerprint density at radius 2 is 1.86 bits per heavy atom. The maximum absolute atomic E-state index is 13.3. The van der Waals surface area contributed by atoms with E-state index < -0.39 is 18.1 Å². The van der Waals surface area contributed by atoms with Crippen molar-refractivity contribution in [3.63, 3.8) is 0 Å². The molecule has 0 bridgehead atoms. The van der Waals surface area contributed by atoms with Crippen LogP contribution in [0, 0.1) is 11.8 Å². The van der Waals surface area contributed by atoms with Crippen LogP contribution in [-0.4, -0.2) is 74.1 Å². The summed E-state index contributed by atoms with van der Waals surface area (Å²) in [6.07, 6.45) is 5.76. The predicted molar refractivity (Wildman–Crippen MR) is 136 cm³/mol. The second-order valence-electron chi connectivity index (χ2n) is 9.72. The number of ether oxygens (including phenoxy) is 3. The summed E-state index contributed by atoms with van der Waals surface area (Å²) in [6, 6.07) is 5.95. The molecule has 0 radical (unpaired) electrons. The number of esters is 1. The van der Waals surface area contributed by atoms with Gasteiger partial charge >= 0.3 is 12.1 Å². The second kappa shape index (κ2) is 12.9. The van der Waals surface area contributed by atoms with Crippen molar-refractivity contribution in [1.29, 1.82) is 0 Å². The van der Waals surface area contributed by atoms with Gasteiger partial charge in [-0.25, -0.2) is 9.59 Å². The quantitative estimate of drug-likeness (QED) is 0.329. The number of benzene rings is 1. The molecule has 2 N–H and O–H groups in total. The number of carboxylic acid groups (broad SMARTS) is 1. The summed E-state index contributed by atoms with van der Waals surface area (Å²) in [7, 11) is 1.60. The maximum Gasteiger partial charge on any atom is 0.407 e. The highest BCUT2D eigenvalue weighted by Gasteiger charge is 2.45. The SMILES string of the molecule is COCCOCCCOC(=O)c1cc2cc(NC(=O)[C@@H]3[C@H](C4CCCCC4)CCN3C(=O)O)ccc2o1. The molecule has 2 aliphatic rings. The normalized spacial score (nSPS) is 20.3. The molecule has 0 unspecified atom stereocenters. The first-order chi connectivity index (χ1) is 18.0. The van der Waals surface area contributed by atoms with Gasteiger partial charge in [-0.2, -0.15) is 0 Å². The molecule has 1 saturated carbocycles. The van der Waals surface area contributed by atoms with E-state index in [1.165, 1.54) is 11.3 Å². The number of anilines is 1. The van der Waals surface area contributed by atoms with Crippen LogP contribution >= 0.6 is 0 Å². The third-order valence-electron chi connectivity index (χ3n) is 7.30. The molecule has 37 heavy (non-hydrogen) atoms. The molecule has 1 aliphatic carbocycles. The molecule has 2 aromatic rings. The molecule has 202 valence electrons. The molecular formula is C27H36N2O8. The van der Waals surface area contributed by atoms with Gasteiger partial charge in [0.15, 0.2) is 0 Å². The smallest absolute Gasteiger partial charge is 0.407 e. The van der Waals surface area contributed by atoms with Crippen molar-refractivity contribution in [3.05, 3.63) is 30.0 Å². The number of hydrogen-bond donors (Lipinski definition) is 2. The molecular weight excluding hydrogens is 480 g/mol. The van der Waals surface area contributed by atoms with E-state index in [4.69, 9.17) is 18.6 Å². The molecule has 2 amide bonds. The van der Waals surface area contributed by atoms with Crippen LogP contribution < -0.4 is 5.32 Å². The zero-order valence-electron chi connectivity index (χ0n) is 21.3. The molecule has 0 spiro atoms. The summed E-state index contributed by atoms with van der Waals surface area (Å²) in [5, 5.41) is 13.3. The first-order valence-electron chi connectivity index (χ1n) is 13.1. The van der Waals surface area contributed by atoms with Gasteiger partial charge in [0, 0.05) is 37.8 Å². The highest BCUT2D eigenvalue weighted by Crippen LogP contribution is 2.39. The fourth-order valence-corrected chi connectivity index (χ4v) is 5.50. The molecule has 1 aromatic heterocycles. The molecule has 10 nitrogen and oxygen atoms in total. The van der Waals surface area contributed by atoms with Crippen LogP contribution in [0.4, 0.5) is 10.5 Å². The van der Waals surface area contributed by atoms with Gasteiger partial charge in [0.05, 0.1) is 19.8 Å². The van der Waals surface area contributed by atoms with E-state index in [1.54, 1.807) is 31.4 Å². The topological polar surface area (TPSA) is 128 Å². The zero-order chi connectivity index (χ0) is 26.2. The van der Waals surface area contributed by atoms with E-state index in [2.05, 4.69) is 5.32 Å². The van der Waals surface area contributed by atoms with Crippen LogP contribution in [0.3, 0.4) is 0 Å². The van der Waals surface area contributed by atoms with Gasteiger partial charge in [0.1, 0.15) is 11.6 Å². The summed E-state index contributed by atoms with van der Waals surface area (Å²) in [5.74, 6) is -0.414. The van der Waals surface area contributed by atoms with Gasteiger partial charge in [-0.1, -0.05) is 32.1 Å². The number of nitrogens with zero attached hydrogens (tertiary/aromatic N) is 1. The number of carbonyl (C=O) groups is 3. The van der Waals surface area contributed by atoms with Crippen molar-refractivity contribution < 1.29 is 38.1 Å². The Labute approximate surface area is 216 Å². The Kier molecular flexibility index (Phi) is 9.40. The van der Waals surface area contributed by atoms with Crippen LogP contribution in [0.25, 0.3) is 11.0 Å². The lowest BCUT2D eigenvalue weighted by atomic mass is 9.76.